The van der Waals surface area contributed by atoms with Crippen molar-refractivity contribution >= 4 is 27.0 Å². The van der Waals surface area contributed by atoms with Gasteiger partial charge in [-0.1, -0.05) is 108 Å². The molecule has 4 rings (SSSR count). The molecule has 0 spiro atoms. The Kier molecular flexibility index (Phi) is 7.69. The third kappa shape index (κ3) is 5.10. The molecule has 4 aromatic rings. The van der Waals surface area contributed by atoms with Gasteiger partial charge in [0.15, 0.2) is 0 Å². The van der Waals surface area contributed by atoms with E-state index in [0.717, 1.165) is 33.0 Å². The van der Waals surface area contributed by atoms with Crippen LogP contribution in [0.2, 0.25) is 0 Å². The van der Waals surface area contributed by atoms with E-state index in [0.29, 0.717) is 0 Å². The van der Waals surface area contributed by atoms with Gasteiger partial charge in [-0.2, -0.15) is 0 Å². The second kappa shape index (κ2) is 11.1. The lowest BCUT2D eigenvalue weighted by atomic mass is 10.1. The Morgan fingerprint density at radius 2 is 0.917 bits per heavy atom. The lowest BCUT2D eigenvalue weighted by molar-refractivity contribution is 0.575. The van der Waals surface area contributed by atoms with Crippen LogP contribution in [0.15, 0.2) is 158 Å². The Hall–Kier alpha value is -4.13. The van der Waals surface area contributed by atoms with E-state index >= 15 is 0 Å². The monoisotopic (exact) mass is 502 g/mol. The van der Waals surface area contributed by atoms with Crippen LogP contribution in [0.1, 0.15) is 0 Å². The van der Waals surface area contributed by atoms with Crippen LogP contribution >= 0.6 is 0 Å². The first-order chi connectivity index (χ1) is 17.6. The summed E-state index contributed by atoms with van der Waals surface area (Å²) in [6, 6.07) is 36.6. The Morgan fingerprint density at radius 1 is 0.444 bits per heavy atom. The number of benzene rings is 4. The van der Waals surface area contributed by atoms with Gasteiger partial charge in [-0.15, -0.1) is 26.3 Å². The minimum atomic E-state index is -2.57. The molecule has 0 heterocycles. The largest absolute Gasteiger partial charge is 0.531 e. The molecule has 36 heavy (non-hydrogen) atoms. The van der Waals surface area contributed by atoms with Crippen LogP contribution in [-0.2, 0) is 0 Å². The van der Waals surface area contributed by atoms with Gasteiger partial charge in [-0.25, -0.2) is 0 Å². The molecule has 0 aliphatic carbocycles. The third-order valence-electron chi connectivity index (χ3n) is 6.26. The molecule has 0 aromatic heterocycles. The first-order valence-corrected chi connectivity index (χ1v) is 15.9. The first kappa shape index (κ1) is 25.0. The first-order valence-electron chi connectivity index (χ1n) is 11.8. The molecule has 0 atom stereocenters. The fourth-order valence-electron chi connectivity index (χ4n) is 4.16. The molecule has 0 saturated heterocycles. The molecule has 0 saturated carbocycles. The molecule has 0 bridgehead atoms. The van der Waals surface area contributed by atoms with Gasteiger partial charge in [-0.05, 0) is 45.8 Å². The van der Waals surface area contributed by atoms with Crippen molar-refractivity contribution in [3.8, 4) is 22.6 Å². The van der Waals surface area contributed by atoms with E-state index in [4.69, 9.17) is 8.85 Å². The summed E-state index contributed by atoms with van der Waals surface area (Å²) in [5.41, 5.74) is 9.77. The van der Waals surface area contributed by atoms with Crippen molar-refractivity contribution < 1.29 is 8.85 Å². The van der Waals surface area contributed by atoms with Gasteiger partial charge in [-0.3, -0.25) is 0 Å². The molecular formula is C32H30O2Si2. The zero-order chi connectivity index (χ0) is 25.4. The second-order valence-electron chi connectivity index (χ2n) is 8.39. The maximum absolute atomic E-state index is 6.58. The summed E-state index contributed by atoms with van der Waals surface area (Å²) in [5, 5.41) is 2.22. The molecule has 0 aliphatic heterocycles. The van der Waals surface area contributed by atoms with E-state index in [1.807, 2.05) is 83.5 Å². The smallest absolute Gasteiger partial charge is 0.331 e. The van der Waals surface area contributed by atoms with Crippen LogP contribution in [-0.4, -0.2) is 16.6 Å². The molecular weight excluding hydrogens is 473 g/mol. The minimum Gasteiger partial charge on any atom is -0.531 e. The van der Waals surface area contributed by atoms with Crippen LogP contribution in [0.5, 0.6) is 11.5 Å². The predicted molar refractivity (Wildman–Crippen MR) is 158 cm³/mol. The Balaban J connectivity index is 1.58. The summed E-state index contributed by atoms with van der Waals surface area (Å²) < 4.78 is 13.1. The van der Waals surface area contributed by atoms with Gasteiger partial charge >= 0.3 is 16.6 Å². The van der Waals surface area contributed by atoms with Gasteiger partial charge < -0.3 is 8.85 Å². The molecule has 178 valence electrons. The van der Waals surface area contributed by atoms with Gasteiger partial charge in [0.2, 0.25) is 0 Å². The van der Waals surface area contributed by atoms with E-state index in [-0.39, 0.29) is 0 Å². The summed E-state index contributed by atoms with van der Waals surface area (Å²) in [6.07, 6.45) is 0. The van der Waals surface area contributed by atoms with Crippen molar-refractivity contribution in [1.82, 2.24) is 0 Å². The zero-order valence-electron chi connectivity index (χ0n) is 20.3. The van der Waals surface area contributed by atoms with E-state index in [1.165, 1.54) is 0 Å². The van der Waals surface area contributed by atoms with Crippen molar-refractivity contribution in [1.29, 1.82) is 0 Å². The SMILES string of the molecule is C=C[Si](C=C)(Oc1ccc(-c2cccc(O[Si](C=C)(C=C)c3ccccc3)c2)cc1)c1ccccc1. The highest BCUT2D eigenvalue weighted by molar-refractivity contribution is 6.95. The normalized spacial score (nSPS) is 11.2. The van der Waals surface area contributed by atoms with Crippen molar-refractivity contribution in [2.24, 2.45) is 0 Å². The zero-order valence-corrected chi connectivity index (χ0v) is 22.3. The molecule has 0 aliphatic rings. The van der Waals surface area contributed by atoms with Gasteiger partial charge in [0, 0.05) is 0 Å². The Morgan fingerprint density at radius 3 is 1.39 bits per heavy atom. The van der Waals surface area contributed by atoms with Crippen LogP contribution in [0, 0.1) is 0 Å². The molecule has 0 radical (unpaired) electrons. The van der Waals surface area contributed by atoms with Crippen molar-refractivity contribution in [3.05, 3.63) is 158 Å². The minimum absolute atomic E-state index is 0.787. The van der Waals surface area contributed by atoms with Crippen LogP contribution in [0.25, 0.3) is 11.1 Å². The molecule has 0 amide bonds. The van der Waals surface area contributed by atoms with Gasteiger partial charge in [0.1, 0.15) is 11.5 Å². The maximum Gasteiger partial charge on any atom is 0.331 e. The average molecular weight is 503 g/mol. The van der Waals surface area contributed by atoms with Crippen LogP contribution in [0.3, 0.4) is 0 Å². The van der Waals surface area contributed by atoms with E-state index in [9.17, 15) is 0 Å². The summed E-state index contributed by atoms with van der Waals surface area (Å²) in [5.74, 6) is 1.58. The highest BCUT2D eigenvalue weighted by Gasteiger charge is 2.33. The van der Waals surface area contributed by atoms with E-state index in [2.05, 4.69) is 74.8 Å². The fraction of sp³-hybridized carbons (Fsp3) is 0. The van der Waals surface area contributed by atoms with E-state index in [1.54, 1.807) is 0 Å². The molecule has 0 N–H and O–H groups in total. The predicted octanol–water partition coefficient (Wildman–Crippen LogP) is 6.72. The average Bonchev–Trinajstić information content (AvgIpc) is 2.96. The van der Waals surface area contributed by atoms with Crippen LogP contribution < -0.4 is 19.2 Å². The molecule has 4 heteroatoms. The summed E-state index contributed by atoms with van der Waals surface area (Å²) in [4.78, 5) is 0. The molecule has 0 fully saturated rings. The highest BCUT2D eigenvalue weighted by Crippen LogP contribution is 2.28. The number of hydrogen-bond donors (Lipinski definition) is 0. The maximum atomic E-state index is 6.58. The Labute approximate surface area is 216 Å². The van der Waals surface area contributed by atoms with Gasteiger partial charge in [0.05, 0.1) is 0 Å². The van der Waals surface area contributed by atoms with Crippen molar-refractivity contribution in [2.45, 2.75) is 0 Å². The van der Waals surface area contributed by atoms with Crippen LogP contribution in [0.4, 0.5) is 0 Å². The number of rotatable bonds is 11. The van der Waals surface area contributed by atoms with E-state index < -0.39 is 16.6 Å². The quantitative estimate of drug-likeness (QED) is 0.212. The lowest BCUT2D eigenvalue weighted by Gasteiger charge is -2.26. The second-order valence-corrected chi connectivity index (χ2v) is 14.8. The summed E-state index contributed by atoms with van der Waals surface area (Å²) in [7, 11) is -5.11. The summed E-state index contributed by atoms with van der Waals surface area (Å²) >= 11 is 0. The standard InChI is InChI=1S/C32H30O2Si2/c1-5-35(6-2,31-18-11-9-12-19-31)33-29-24-22-27(23-25-29)28-16-15-17-30(26-28)34-36(7-3,8-4)32-20-13-10-14-21-32/h5-26H,1-4H2. The topological polar surface area (TPSA) is 18.5 Å². The lowest BCUT2D eigenvalue weighted by Crippen LogP contribution is -2.50. The van der Waals surface area contributed by atoms with Crippen molar-refractivity contribution in [2.75, 3.05) is 0 Å². The Bertz CT molecular complexity index is 1330. The highest BCUT2D eigenvalue weighted by atomic mass is 28.4. The number of hydrogen-bond acceptors (Lipinski definition) is 2. The third-order valence-corrected chi connectivity index (χ3v) is 12.3. The summed E-state index contributed by atoms with van der Waals surface area (Å²) in [6.45, 7) is 16.3. The molecule has 4 aromatic carbocycles. The van der Waals surface area contributed by atoms with Crippen molar-refractivity contribution in [3.63, 3.8) is 0 Å². The van der Waals surface area contributed by atoms with Gasteiger partial charge in [0.25, 0.3) is 0 Å². The fourth-order valence-corrected chi connectivity index (χ4v) is 8.48. The molecule has 2 nitrogen and oxygen atoms in total. The molecule has 0 unspecified atom stereocenters.